The molecule has 2 heterocycles. The SMILES string of the molecule is O=C(O)c1ccc(NS(=O)(=O)N2CCCCC2)nc1. The molecule has 1 saturated heterocycles. The predicted molar refractivity (Wildman–Crippen MR) is 69.2 cm³/mol. The number of nitrogens with one attached hydrogen (secondary N) is 1. The second kappa shape index (κ2) is 5.54. The molecule has 0 bridgehead atoms. The number of nitrogens with zero attached hydrogens (tertiary/aromatic N) is 2. The summed E-state index contributed by atoms with van der Waals surface area (Å²) in [4.78, 5) is 14.4. The highest BCUT2D eigenvalue weighted by Crippen LogP contribution is 2.15. The number of rotatable bonds is 4. The molecule has 0 radical (unpaired) electrons. The molecular formula is C11H15N3O4S. The van der Waals surface area contributed by atoms with Crippen LogP contribution in [0.1, 0.15) is 29.6 Å². The van der Waals surface area contributed by atoms with Crippen molar-refractivity contribution in [1.82, 2.24) is 9.29 Å². The highest BCUT2D eigenvalue weighted by molar-refractivity contribution is 7.90. The zero-order chi connectivity index (χ0) is 13.9. The summed E-state index contributed by atoms with van der Waals surface area (Å²) < 4.78 is 27.8. The molecule has 1 aromatic rings. The minimum Gasteiger partial charge on any atom is -0.478 e. The third-order valence-corrected chi connectivity index (χ3v) is 4.41. The lowest BCUT2D eigenvalue weighted by Gasteiger charge is -2.25. The molecule has 1 aliphatic rings. The van der Waals surface area contributed by atoms with Crippen LogP contribution >= 0.6 is 0 Å². The summed E-state index contributed by atoms with van der Waals surface area (Å²) in [6.45, 7) is 1.01. The Labute approximate surface area is 111 Å². The smallest absolute Gasteiger partial charge is 0.337 e. The average Bonchev–Trinajstić information content (AvgIpc) is 2.40. The van der Waals surface area contributed by atoms with Gasteiger partial charge >= 0.3 is 16.2 Å². The third kappa shape index (κ3) is 3.42. The molecule has 104 valence electrons. The van der Waals surface area contributed by atoms with E-state index in [-0.39, 0.29) is 11.4 Å². The molecule has 0 unspecified atom stereocenters. The van der Waals surface area contributed by atoms with E-state index in [2.05, 4.69) is 9.71 Å². The molecule has 0 saturated carbocycles. The van der Waals surface area contributed by atoms with Crippen molar-refractivity contribution in [1.29, 1.82) is 0 Å². The zero-order valence-corrected chi connectivity index (χ0v) is 11.1. The molecule has 8 heteroatoms. The van der Waals surface area contributed by atoms with Crippen LogP contribution in [0.25, 0.3) is 0 Å². The van der Waals surface area contributed by atoms with Crippen molar-refractivity contribution in [2.75, 3.05) is 17.8 Å². The summed E-state index contributed by atoms with van der Waals surface area (Å²) in [5, 5.41) is 8.73. The number of hydrogen-bond acceptors (Lipinski definition) is 4. The van der Waals surface area contributed by atoms with Crippen LogP contribution in [0.5, 0.6) is 0 Å². The molecular weight excluding hydrogens is 270 g/mol. The zero-order valence-electron chi connectivity index (χ0n) is 10.2. The van der Waals surface area contributed by atoms with Crippen LogP contribution in [0.15, 0.2) is 18.3 Å². The summed E-state index contributed by atoms with van der Waals surface area (Å²) in [5.41, 5.74) is 0.0147. The van der Waals surface area contributed by atoms with Gasteiger partial charge in [-0.1, -0.05) is 6.42 Å². The van der Waals surface area contributed by atoms with Gasteiger partial charge in [0.05, 0.1) is 5.56 Å². The number of carbonyl (C=O) groups is 1. The lowest BCUT2D eigenvalue weighted by molar-refractivity contribution is 0.0696. The number of hydrogen-bond donors (Lipinski definition) is 2. The number of aromatic carboxylic acids is 1. The largest absolute Gasteiger partial charge is 0.478 e. The van der Waals surface area contributed by atoms with Crippen LogP contribution in [0.4, 0.5) is 5.82 Å². The molecule has 2 N–H and O–H groups in total. The van der Waals surface area contributed by atoms with Gasteiger partial charge in [0.1, 0.15) is 5.82 Å². The molecule has 2 rings (SSSR count). The number of anilines is 1. The second-order valence-electron chi connectivity index (χ2n) is 4.30. The first-order valence-corrected chi connectivity index (χ1v) is 7.40. The van der Waals surface area contributed by atoms with Crippen LogP contribution in [0.3, 0.4) is 0 Å². The number of aromatic nitrogens is 1. The summed E-state index contributed by atoms with van der Waals surface area (Å²) in [6, 6.07) is 2.65. The predicted octanol–water partition coefficient (Wildman–Crippen LogP) is 0.922. The second-order valence-corrected chi connectivity index (χ2v) is 5.97. The summed E-state index contributed by atoms with van der Waals surface area (Å²) >= 11 is 0. The van der Waals surface area contributed by atoms with E-state index in [1.165, 1.54) is 16.4 Å². The first-order chi connectivity index (χ1) is 8.99. The van der Waals surface area contributed by atoms with Gasteiger partial charge in [0.2, 0.25) is 0 Å². The maximum Gasteiger partial charge on any atom is 0.337 e. The van der Waals surface area contributed by atoms with E-state index in [1.54, 1.807) is 0 Å². The van der Waals surface area contributed by atoms with E-state index in [9.17, 15) is 13.2 Å². The van der Waals surface area contributed by atoms with Crippen LogP contribution in [-0.4, -0.2) is 41.9 Å². The first kappa shape index (κ1) is 13.8. The van der Waals surface area contributed by atoms with Gasteiger partial charge < -0.3 is 5.11 Å². The Bertz CT molecular complexity index is 550. The number of carboxylic acids is 1. The molecule has 1 fully saturated rings. The van der Waals surface area contributed by atoms with E-state index in [0.29, 0.717) is 13.1 Å². The van der Waals surface area contributed by atoms with Crippen molar-refractivity contribution in [3.63, 3.8) is 0 Å². The summed E-state index contributed by atoms with van der Waals surface area (Å²) in [7, 11) is -3.60. The van der Waals surface area contributed by atoms with Crippen molar-refractivity contribution >= 4 is 22.0 Å². The van der Waals surface area contributed by atoms with Crippen LogP contribution in [0, 0.1) is 0 Å². The Kier molecular flexibility index (Phi) is 4.01. The molecule has 0 aromatic carbocycles. The molecule has 1 aliphatic heterocycles. The Morgan fingerprint density at radius 3 is 2.47 bits per heavy atom. The molecule has 19 heavy (non-hydrogen) atoms. The Morgan fingerprint density at radius 2 is 1.95 bits per heavy atom. The van der Waals surface area contributed by atoms with Gasteiger partial charge in [-0.15, -0.1) is 0 Å². The highest BCUT2D eigenvalue weighted by atomic mass is 32.2. The van der Waals surface area contributed by atoms with E-state index < -0.39 is 16.2 Å². The van der Waals surface area contributed by atoms with Gasteiger partial charge in [-0.3, -0.25) is 4.72 Å². The van der Waals surface area contributed by atoms with Gasteiger partial charge in [0, 0.05) is 19.3 Å². The van der Waals surface area contributed by atoms with Crippen molar-refractivity contribution in [2.24, 2.45) is 0 Å². The van der Waals surface area contributed by atoms with Crippen molar-refractivity contribution in [3.8, 4) is 0 Å². The maximum absolute atomic E-state index is 12.0. The van der Waals surface area contributed by atoms with E-state index in [4.69, 9.17) is 5.11 Å². The molecule has 0 aliphatic carbocycles. The first-order valence-electron chi connectivity index (χ1n) is 5.96. The highest BCUT2D eigenvalue weighted by Gasteiger charge is 2.24. The Balaban J connectivity index is 2.09. The normalized spacial score (nSPS) is 17.1. The average molecular weight is 285 g/mol. The number of carboxylic acid groups (broad SMARTS) is 1. The summed E-state index contributed by atoms with van der Waals surface area (Å²) in [6.07, 6.45) is 3.87. The number of piperidine rings is 1. The molecule has 0 amide bonds. The fourth-order valence-corrected chi connectivity index (χ4v) is 3.14. The van der Waals surface area contributed by atoms with Gasteiger partial charge in [-0.05, 0) is 25.0 Å². The molecule has 0 atom stereocenters. The van der Waals surface area contributed by atoms with Gasteiger partial charge in [0.15, 0.2) is 0 Å². The van der Waals surface area contributed by atoms with Gasteiger partial charge in [0.25, 0.3) is 0 Å². The van der Waals surface area contributed by atoms with Crippen LogP contribution < -0.4 is 4.72 Å². The Morgan fingerprint density at radius 1 is 1.26 bits per heavy atom. The monoisotopic (exact) mass is 285 g/mol. The fraction of sp³-hybridized carbons (Fsp3) is 0.455. The van der Waals surface area contributed by atoms with Crippen molar-refractivity contribution in [2.45, 2.75) is 19.3 Å². The standard InChI is InChI=1S/C11H15N3O4S/c15-11(16)9-4-5-10(12-8-9)13-19(17,18)14-6-2-1-3-7-14/h4-5,8H,1-3,6-7H2,(H,12,13)(H,15,16). The van der Waals surface area contributed by atoms with Crippen molar-refractivity contribution < 1.29 is 18.3 Å². The molecule has 1 aromatic heterocycles. The Hall–Kier alpha value is -1.67. The lowest BCUT2D eigenvalue weighted by Crippen LogP contribution is -2.39. The van der Waals surface area contributed by atoms with Crippen LogP contribution in [0.2, 0.25) is 0 Å². The minimum atomic E-state index is -3.60. The quantitative estimate of drug-likeness (QED) is 0.857. The van der Waals surface area contributed by atoms with Gasteiger partial charge in [-0.2, -0.15) is 12.7 Å². The molecule has 0 spiro atoms. The topological polar surface area (TPSA) is 99.6 Å². The lowest BCUT2D eigenvalue weighted by atomic mass is 10.2. The number of pyridine rings is 1. The van der Waals surface area contributed by atoms with E-state index in [0.717, 1.165) is 25.5 Å². The van der Waals surface area contributed by atoms with E-state index in [1.807, 2.05) is 0 Å². The summed E-state index contributed by atoms with van der Waals surface area (Å²) in [5.74, 6) is -0.978. The molecule has 7 nitrogen and oxygen atoms in total. The van der Waals surface area contributed by atoms with E-state index >= 15 is 0 Å². The fourth-order valence-electron chi connectivity index (χ4n) is 1.88. The maximum atomic E-state index is 12.0. The third-order valence-electron chi connectivity index (χ3n) is 2.90. The van der Waals surface area contributed by atoms with Crippen LogP contribution in [-0.2, 0) is 10.2 Å². The van der Waals surface area contributed by atoms with Gasteiger partial charge in [-0.25, -0.2) is 9.78 Å². The minimum absolute atomic E-state index is 0.0147. The van der Waals surface area contributed by atoms with Crippen molar-refractivity contribution in [3.05, 3.63) is 23.9 Å².